The van der Waals surface area contributed by atoms with Crippen molar-refractivity contribution >= 4 is 5.91 Å². The van der Waals surface area contributed by atoms with Crippen LogP contribution >= 0.6 is 0 Å². The molecule has 20 heavy (non-hydrogen) atoms. The lowest BCUT2D eigenvalue weighted by molar-refractivity contribution is 0.0922. The van der Waals surface area contributed by atoms with Gasteiger partial charge in [0.25, 0.3) is 5.91 Å². The fourth-order valence-corrected chi connectivity index (χ4v) is 2.15. The van der Waals surface area contributed by atoms with Gasteiger partial charge >= 0.3 is 0 Å². The Morgan fingerprint density at radius 2 is 2.00 bits per heavy atom. The molecule has 0 aromatic heterocycles. The van der Waals surface area contributed by atoms with Gasteiger partial charge in [-0.25, -0.2) is 0 Å². The Balaban J connectivity index is 2.46. The Morgan fingerprint density at radius 3 is 2.70 bits per heavy atom. The first-order valence-electron chi connectivity index (χ1n) is 7.68. The fraction of sp³-hybridized carbons (Fsp3) is 0.588. The summed E-state index contributed by atoms with van der Waals surface area (Å²) in [6.07, 6.45) is 7.33. The molecular weight excluding hydrogens is 250 g/mol. The van der Waals surface area contributed by atoms with E-state index >= 15 is 0 Å². The van der Waals surface area contributed by atoms with E-state index in [-0.39, 0.29) is 18.6 Å². The summed E-state index contributed by atoms with van der Waals surface area (Å²) in [7, 11) is 0. The van der Waals surface area contributed by atoms with Gasteiger partial charge in [-0.15, -0.1) is 0 Å². The van der Waals surface area contributed by atoms with Gasteiger partial charge in [0.15, 0.2) is 0 Å². The molecule has 0 saturated carbocycles. The average molecular weight is 277 g/mol. The van der Waals surface area contributed by atoms with Crippen LogP contribution in [0.3, 0.4) is 0 Å². The molecule has 1 unspecified atom stereocenters. The maximum absolute atomic E-state index is 12.0. The molecule has 112 valence electrons. The highest BCUT2D eigenvalue weighted by molar-refractivity contribution is 5.94. The molecule has 0 heterocycles. The van der Waals surface area contributed by atoms with E-state index in [0.717, 1.165) is 6.42 Å². The highest BCUT2D eigenvalue weighted by Crippen LogP contribution is 2.11. The summed E-state index contributed by atoms with van der Waals surface area (Å²) in [5.41, 5.74) is 1.89. The van der Waals surface area contributed by atoms with Gasteiger partial charge in [0, 0.05) is 11.6 Å². The Morgan fingerprint density at radius 1 is 1.25 bits per heavy atom. The third kappa shape index (κ3) is 6.20. The van der Waals surface area contributed by atoms with Gasteiger partial charge in [-0.3, -0.25) is 4.79 Å². The quantitative estimate of drug-likeness (QED) is 0.680. The van der Waals surface area contributed by atoms with Crippen molar-refractivity contribution in [2.75, 3.05) is 6.61 Å². The molecule has 1 atom stereocenters. The molecule has 1 amide bonds. The number of aliphatic hydroxyl groups excluding tert-OH is 1. The molecule has 0 aliphatic rings. The molecule has 0 spiro atoms. The molecule has 0 fully saturated rings. The minimum absolute atomic E-state index is 0.0388. The van der Waals surface area contributed by atoms with E-state index in [1.807, 2.05) is 18.2 Å². The number of hydrogen-bond donors (Lipinski definition) is 2. The van der Waals surface area contributed by atoms with E-state index in [0.29, 0.717) is 5.56 Å². The van der Waals surface area contributed by atoms with Crippen LogP contribution in [0.5, 0.6) is 0 Å². The van der Waals surface area contributed by atoms with Crippen LogP contribution < -0.4 is 5.32 Å². The molecule has 0 radical (unpaired) electrons. The number of amides is 1. The molecule has 1 aromatic rings. The van der Waals surface area contributed by atoms with Gasteiger partial charge in [0.1, 0.15) is 0 Å². The van der Waals surface area contributed by atoms with Crippen LogP contribution in [0.4, 0.5) is 0 Å². The number of carbonyl (C=O) groups is 1. The molecule has 0 aliphatic heterocycles. The van der Waals surface area contributed by atoms with E-state index < -0.39 is 0 Å². The zero-order chi connectivity index (χ0) is 14.8. The van der Waals surface area contributed by atoms with Gasteiger partial charge in [0.2, 0.25) is 0 Å². The summed E-state index contributed by atoms with van der Waals surface area (Å²) >= 11 is 0. The van der Waals surface area contributed by atoms with E-state index in [1.165, 1.54) is 37.7 Å². The Kier molecular flexibility index (Phi) is 7.97. The lowest BCUT2D eigenvalue weighted by Crippen LogP contribution is -2.34. The van der Waals surface area contributed by atoms with Crippen molar-refractivity contribution < 1.29 is 9.90 Å². The largest absolute Gasteiger partial charge is 0.394 e. The van der Waals surface area contributed by atoms with Gasteiger partial charge in [0.05, 0.1) is 6.61 Å². The maximum Gasteiger partial charge on any atom is 0.251 e. The predicted molar refractivity (Wildman–Crippen MR) is 82.9 cm³/mol. The third-order valence-corrected chi connectivity index (χ3v) is 3.41. The first-order valence-corrected chi connectivity index (χ1v) is 7.68. The summed E-state index contributed by atoms with van der Waals surface area (Å²) < 4.78 is 0. The van der Waals surface area contributed by atoms with Crippen molar-refractivity contribution in [3.05, 3.63) is 35.4 Å². The number of aryl methyl sites for hydroxylation is 1. The first-order chi connectivity index (χ1) is 9.67. The predicted octanol–water partition coefficient (Wildman–Crippen LogP) is 3.31. The normalized spacial score (nSPS) is 12.2. The summed E-state index contributed by atoms with van der Waals surface area (Å²) in [6, 6.07) is 7.57. The van der Waals surface area contributed by atoms with Gasteiger partial charge in [-0.1, -0.05) is 44.7 Å². The molecular formula is C17H27NO2. The molecule has 1 aromatic carbocycles. The Hall–Kier alpha value is -1.35. The van der Waals surface area contributed by atoms with Crippen molar-refractivity contribution in [1.82, 2.24) is 5.32 Å². The van der Waals surface area contributed by atoms with Crippen molar-refractivity contribution in [2.24, 2.45) is 0 Å². The van der Waals surface area contributed by atoms with Crippen LogP contribution in [-0.2, 0) is 6.42 Å². The average Bonchev–Trinajstić information content (AvgIpc) is 2.47. The monoisotopic (exact) mass is 277 g/mol. The van der Waals surface area contributed by atoms with E-state index in [1.54, 1.807) is 6.92 Å². The second-order valence-electron chi connectivity index (χ2n) is 5.42. The van der Waals surface area contributed by atoms with Gasteiger partial charge < -0.3 is 10.4 Å². The Labute approximate surface area is 122 Å². The van der Waals surface area contributed by atoms with Gasteiger partial charge in [-0.2, -0.15) is 0 Å². The summed E-state index contributed by atoms with van der Waals surface area (Å²) in [6.45, 7) is 3.97. The molecule has 0 saturated heterocycles. The van der Waals surface area contributed by atoms with Gasteiger partial charge in [-0.05, 0) is 37.5 Å². The minimum Gasteiger partial charge on any atom is -0.394 e. The highest BCUT2D eigenvalue weighted by Gasteiger charge is 2.09. The summed E-state index contributed by atoms with van der Waals surface area (Å²) in [4.78, 5) is 12.0. The topological polar surface area (TPSA) is 49.3 Å². The third-order valence-electron chi connectivity index (χ3n) is 3.41. The number of benzene rings is 1. The van der Waals surface area contributed by atoms with Crippen LogP contribution in [0.1, 0.15) is 61.9 Å². The number of aliphatic hydroxyl groups is 1. The summed E-state index contributed by atoms with van der Waals surface area (Å²) in [5.74, 6) is -0.112. The van der Waals surface area contributed by atoms with Crippen molar-refractivity contribution in [3.8, 4) is 0 Å². The van der Waals surface area contributed by atoms with Crippen LogP contribution in [0.2, 0.25) is 0 Å². The van der Waals surface area contributed by atoms with Crippen molar-refractivity contribution in [3.63, 3.8) is 0 Å². The van der Waals surface area contributed by atoms with Crippen LogP contribution in [-0.4, -0.2) is 23.7 Å². The number of rotatable bonds is 9. The molecule has 1 rings (SSSR count). The Bertz CT molecular complexity index is 404. The minimum atomic E-state index is -0.208. The molecule has 3 nitrogen and oxygen atoms in total. The van der Waals surface area contributed by atoms with Crippen LogP contribution in [0.25, 0.3) is 0 Å². The van der Waals surface area contributed by atoms with Crippen LogP contribution in [0.15, 0.2) is 24.3 Å². The second kappa shape index (κ2) is 9.54. The lowest BCUT2D eigenvalue weighted by Gasteiger charge is -2.11. The van der Waals surface area contributed by atoms with E-state index in [9.17, 15) is 4.79 Å². The standard InChI is InChI=1S/C17H27NO2/c1-3-4-5-6-7-9-15-10-8-11-16(12-15)17(20)18-14(2)13-19/h8,10-12,14,19H,3-7,9,13H2,1-2H3,(H,18,20). The first kappa shape index (κ1) is 16.7. The number of hydrogen-bond acceptors (Lipinski definition) is 2. The number of carbonyl (C=O) groups excluding carboxylic acids is 1. The smallest absolute Gasteiger partial charge is 0.251 e. The van der Waals surface area contributed by atoms with E-state index in [2.05, 4.69) is 18.3 Å². The highest BCUT2D eigenvalue weighted by atomic mass is 16.3. The molecule has 2 N–H and O–H groups in total. The molecule has 0 bridgehead atoms. The zero-order valence-corrected chi connectivity index (χ0v) is 12.7. The summed E-state index contributed by atoms with van der Waals surface area (Å²) in [5, 5.41) is 11.7. The second-order valence-corrected chi connectivity index (χ2v) is 5.42. The van der Waals surface area contributed by atoms with Crippen molar-refractivity contribution in [2.45, 2.75) is 58.4 Å². The number of nitrogens with one attached hydrogen (secondary N) is 1. The molecule has 3 heteroatoms. The zero-order valence-electron chi connectivity index (χ0n) is 12.7. The van der Waals surface area contributed by atoms with Crippen molar-refractivity contribution in [1.29, 1.82) is 0 Å². The maximum atomic E-state index is 12.0. The number of unbranched alkanes of at least 4 members (excludes halogenated alkanes) is 4. The SMILES string of the molecule is CCCCCCCc1cccc(C(=O)NC(C)CO)c1. The lowest BCUT2D eigenvalue weighted by atomic mass is 10.0. The van der Waals surface area contributed by atoms with E-state index in [4.69, 9.17) is 5.11 Å². The van der Waals surface area contributed by atoms with Crippen LogP contribution in [0, 0.1) is 0 Å². The fourth-order valence-electron chi connectivity index (χ4n) is 2.15. The molecule has 0 aliphatic carbocycles.